The van der Waals surface area contributed by atoms with Gasteiger partial charge in [0.05, 0.1) is 36.5 Å². The highest BCUT2D eigenvalue weighted by atomic mass is 35.5. The van der Waals surface area contributed by atoms with E-state index >= 15 is 0 Å². The van der Waals surface area contributed by atoms with Crippen LogP contribution in [0.25, 0.3) is 10.9 Å². The highest BCUT2D eigenvalue weighted by Crippen LogP contribution is 2.27. The van der Waals surface area contributed by atoms with Crippen molar-refractivity contribution in [2.45, 2.75) is 20.4 Å². The van der Waals surface area contributed by atoms with Gasteiger partial charge in [-0.3, -0.25) is 4.79 Å². The van der Waals surface area contributed by atoms with E-state index in [0.29, 0.717) is 22.0 Å². The summed E-state index contributed by atoms with van der Waals surface area (Å²) in [4.78, 5) is 29.7. The lowest BCUT2D eigenvalue weighted by molar-refractivity contribution is 0.185. The quantitative estimate of drug-likeness (QED) is 0.555. The number of halogens is 1. The number of pyridine rings is 1. The number of H-pyrrole nitrogens is 1. The summed E-state index contributed by atoms with van der Waals surface area (Å²) in [5.74, 6) is 0.542. The third-order valence-corrected chi connectivity index (χ3v) is 5.13. The van der Waals surface area contributed by atoms with Crippen molar-refractivity contribution in [1.82, 2.24) is 9.88 Å². The molecule has 0 atom stereocenters. The average Bonchev–Trinajstić information content (AvgIpc) is 2.70. The number of fused-ring (bicyclic) bond motifs is 1. The van der Waals surface area contributed by atoms with Gasteiger partial charge in [-0.05, 0) is 49.1 Å². The molecule has 2 aromatic carbocycles. The number of carbonyl (C=O) groups is 1. The monoisotopic (exact) mass is 429 g/mol. The number of carbonyl (C=O) groups excluding carboxylic acids is 1. The first kappa shape index (κ1) is 21.7. The van der Waals surface area contributed by atoms with Crippen LogP contribution in [0.1, 0.15) is 16.7 Å². The lowest BCUT2D eigenvalue weighted by atomic mass is 10.1. The molecule has 30 heavy (non-hydrogen) atoms. The number of aryl methyl sites for hydroxylation is 2. The summed E-state index contributed by atoms with van der Waals surface area (Å²) < 4.78 is 5.16. The number of nitrogens with zero attached hydrogens (tertiary/aromatic N) is 1. The predicted molar refractivity (Wildman–Crippen MR) is 119 cm³/mol. The van der Waals surface area contributed by atoms with Crippen molar-refractivity contribution >= 4 is 34.2 Å². The number of nitrogens with one attached hydrogen (secondary N) is 2. The highest BCUT2D eigenvalue weighted by molar-refractivity contribution is 6.33. The van der Waals surface area contributed by atoms with Crippen molar-refractivity contribution in [1.29, 1.82) is 0 Å². The molecule has 0 aliphatic rings. The number of urea groups is 1. The molecule has 2 amide bonds. The van der Waals surface area contributed by atoms with Gasteiger partial charge in [-0.1, -0.05) is 23.2 Å². The summed E-state index contributed by atoms with van der Waals surface area (Å²) in [5, 5.41) is 13.4. The fraction of sp³-hybridized carbons (Fsp3) is 0.273. The third kappa shape index (κ3) is 4.75. The van der Waals surface area contributed by atoms with Gasteiger partial charge in [0.25, 0.3) is 5.56 Å². The largest absolute Gasteiger partial charge is 0.497 e. The molecule has 7 nitrogen and oxygen atoms in total. The molecule has 0 radical (unpaired) electrons. The maximum atomic E-state index is 12.8. The minimum atomic E-state index is -0.487. The van der Waals surface area contributed by atoms with Crippen LogP contribution in [0.5, 0.6) is 5.75 Å². The number of ether oxygens (including phenoxy) is 1. The number of methoxy groups -OCH3 is 1. The predicted octanol–water partition coefficient (Wildman–Crippen LogP) is 3.83. The maximum Gasteiger partial charge on any atom is 0.322 e. The molecule has 0 saturated carbocycles. The summed E-state index contributed by atoms with van der Waals surface area (Å²) in [6.07, 6.45) is 0. The minimum absolute atomic E-state index is 0.0340. The minimum Gasteiger partial charge on any atom is -0.497 e. The number of hydrogen-bond donors (Lipinski definition) is 3. The zero-order valence-corrected chi connectivity index (χ0v) is 17.8. The van der Waals surface area contributed by atoms with Gasteiger partial charge in [0.15, 0.2) is 0 Å². The molecule has 0 aliphatic carbocycles. The molecule has 1 heterocycles. The first-order valence-electron chi connectivity index (χ1n) is 9.46. The Morgan fingerprint density at radius 3 is 2.70 bits per heavy atom. The average molecular weight is 430 g/mol. The number of amides is 2. The second-order valence-corrected chi connectivity index (χ2v) is 7.50. The number of rotatable bonds is 6. The first-order valence-corrected chi connectivity index (χ1v) is 9.83. The van der Waals surface area contributed by atoms with Crippen molar-refractivity contribution in [3.8, 4) is 5.75 Å². The molecule has 0 unspecified atom stereocenters. The molecule has 1 aromatic heterocycles. The van der Waals surface area contributed by atoms with E-state index in [1.54, 1.807) is 24.3 Å². The van der Waals surface area contributed by atoms with Crippen molar-refractivity contribution in [3.63, 3.8) is 0 Å². The second-order valence-electron chi connectivity index (χ2n) is 7.09. The number of benzene rings is 2. The summed E-state index contributed by atoms with van der Waals surface area (Å²) in [6.45, 7) is 3.77. The van der Waals surface area contributed by atoms with Crippen LogP contribution in [0.2, 0.25) is 5.02 Å². The first-order chi connectivity index (χ1) is 14.3. The van der Waals surface area contributed by atoms with Crippen molar-refractivity contribution < 1.29 is 14.6 Å². The summed E-state index contributed by atoms with van der Waals surface area (Å²) in [7, 11) is 1.52. The molecule has 3 rings (SSSR count). The van der Waals surface area contributed by atoms with Crippen molar-refractivity contribution in [2.24, 2.45) is 0 Å². The Bertz CT molecular complexity index is 1140. The summed E-state index contributed by atoms with van der Waals surface area (Å²) in [5.41, 5.74) is 3.36. The van der Waals surface area contributed by atoms with Gasteiger partial charge < -0.3 is 25.0 Å². The molecule has 0 aliphatic heterocycles. The molecule has 0 fully saturated rings. The van der Waals surface area contributed by atoms with Gasteiger partial charge in [0.1, 0.15) is 5.75 Å². The Labute approximate surface area is 179 Å². The molecule has 8 heteroatoms. The molecule has 3 aromatic rings. The zero-order chi connectivity index (χ0) is 21.8. The normalized spacial score (nSPS) is 10.8. The lowest BCUT2D eigenvalue weighted by Crippen LogP contribution is -2.38. The van der Waals surface area contributed by atoms with E-state index in [9.17, 15) is 14.7 Å². The maximum absolute atomic E-state index is 12.8. The standard InChI is InChI=1S/C22H24ClN3O4/c1-13-8-14(2)20-15(9-13)10-16(21(28)25-20)12-26(6-7-27)22(29)24-19-11-17(30-3)4-5-18(19)23/h4-5,8-11,27H,6-7,12H2,1-3H3,(H,24,29)(H,25,28). The molecular formula is C22H24ClN3O4. The van der Waals surface area contributed by atoms with E-state index in [4.69, 9.17) is 16.3 Å². The molecular weight excluding hydrogens is 406 g/mol. The van der Waals surface area contributed by atoms with Crippen LogP contribution in [0, 0.1) is 13.8 Å². The van der Waals surface area contributed by atoms with E-state index in [0.717, 1.165) is 22.0 Å². The molecule has 158 valence electrons. The smallest absolute Gasteiger partial charge is 0.322 e. The number of anilines is 1. The Hall–Kier alpha value is -3.03. The van der Waals surface area contributed by atoms with Crippen LogP contribution in [-0.4, -0.2) is 41.3 Å². The van der Waals surface area contributed by atoms with Crippen LogP contribution >= 0.6 is 11.6 Å². The summed E-state index contributed by atoms with van der Waals surface area (Å²) >= 11 is 6.17. The van der Waals surface area contributed by atoms with E-state index in [1.165, 1.54) is 12.0 Å². The molecule has 3 N–H and O–H groups in total. The number of aliphatic hydroxyl groups excluding tert-OH is 1. The summed E-state index contributed by atoms with van der Waals surface area (Å²) in [6, 6.07) is 10.2. The van der Waals surface area contributed by atoms with Crippen LogP contribution in [0.15, 0.2) is 41.2 Å². The van der Waals surface area contributed by atoms with Gasteiger partial charge in [-0.25, -0.2) is 4.79 Å². The third-order valence-electron chi connectivity index (χ3n) is 4.80. The fourth-order valence-electron chi connectivity index (χ4n) is 3.35. The van der Waals surface area contributed by atoms with Gasteiger partial charge in [-0.2, -0.15) is 0 Å². The second kappa shape index (κ2) is 9.19. The van der Waals surface area contributed by atoms with Crippen LogP contribution in [-0.2, 0) is 6.54 Å². The Morgan fingerprint density at radius 1 is 1.23 bits per heavy atom. The van der Waals surface area contributed by atoms with Gasteiger partial charge in [-0.15, -0.1) is 0 Å². The Kier molecular flexibility index (Phi) is 6.64. The molecule has 0 bridgehead atoms. The van der Waals surface area contributed by atoms with E-state index in [1.807, 2.05) is 26.0 Å². The van der Waals surface area contributed by atoms with E-state index in [-0.39, 0.29) is 25.3 Å². The number of aliphatic hydroxyl groups is 1. The number of aromatic amines is 1. The van der Waals surface area contributed by atoms with Crippen LogP contribution < -0.4 is 15.6 Å². The van der Waals surface area contributed by atoms with Crippen molar-refractivity contribution in [3.05, 3.63) is 68.5 Å². The van der Waals surface area contributed by atoms with Gasteiger partial charge in [0, 0.05) is 18.2 Å². The lowest BCUT2D eigenvalue weighted by Gasteiger charge is -2.22. The molecule has 0 saturated heterocycles. The Morgan fingerprint density at radius 2 is 2.00 bits per heavy atom. The van der Waals surface area contributed by atoms with E-state index < -0.39 is 6.03 Å². The highest BCUT2D eigenvalue weighted by Gasteiger charge is 2.18. The SMILES string of the molecule is COc1ccc(Cl)c(NC(=O)N(CCO)Cc2cc3cc(C)cc(C)c3[nH]c2=O)c1. The van der Waals surface area contributed by atoms with Crippen molar-refractivity contribution in [2.75, 3.05) is 25.6 Å². The topological polar surface area (TPSA) is 94.7 Å². The van der Waals surface area contributed by atoms with Gasteiger partial charge in [0.2, 0.25) is 0 Å². The Balaban J connectivity index is 1.89. The number of aromatic nitrogens is 1. The van der Waals surface area contributed by atoms with Crippen LogP contribution in [0.3, 0.4) is 0 Å². The van der Waals surface area contributed by atoms with Gasteiger partial charge >= 0.3 is 6.03 Å². The number of hydrogen-bond acceptors (Lipinski definition) is 4. The van der Waals surface area contributed by atoms with E-state index in [2.05, 4.69) is 10.3 Å². The van der Waals surface area contributed by atoms with Crippen LogP contribution in [0.4, 0.5) is 10.5 Å². The molecule has 0 spiro atoms. The fourth-order valence-corrected chi connectivity index (χ4v) is 3.51. The zero-order valence-electron chi connectivity index (χ0n) is 17.1.